The van der Waals surface area contributed by atoms with E-state index in [9.17, 15) is 1.37 Å². The molecular weight excluding hydrogens is 1070 g/mol. The van der Waals surface area contributed by atoms with Crippen LogP contribution in [0.3, 0.4) is 0 Å². The predicted molar refractivity (Wildman–Crippen MR) is 301 cm³/mol. The van der Waals surface area contributed by atoms with Crippen molar-refractivity contribution < 1.29 is 25.9 Å². The van der Waals surface area contributed by atoms with Crippen LogP contribution in [-0.4, -0.2) is 19.5 Å². The van der Waals surface area contributed by atoms with Gasteiger partial charge in [-0.15, -0.1) is 54.1 Å². The molecule has 1 saturated carbocycles. The summed E-state index contributed by atoms with van der Waals surface area (Å²) in [5.41, 5.74) is 14.1. The molecule has 0 spiro atoms. The first-order chi connectivity index (χ1) is 35.0. The monoisotopic (exact) mass is 1130 g/mol. The minimum absolute atomic E-state index is 0. The van der Waals surface area contributed by atoms with Gasteiger partial charge in [-0.25, -0.2) is 0 Å². The van der Waals surface area contributed by atoms with Crippen LogP contribution in [0.1, 0.15) is 129 Å². The third-order valence-electron chi connectivity index (χ3n) is 14.9. The van der Waals surface area contributed by atoms with Crippen molar-refractivity contribution in [3.63, 3.8) is 0 Å². The minimum Gasteiger partial charge on any atom is -0.501 e. The van der Waals surface area contributed by atoms with Crippen LogP contribution in [0.2, 0.25) is 0 Å². The maximum Gasteiger partial charge on any atom is 0.121 e. The van der Waals surface area contributed by atoms with Gasteiger partial charge in [0.1, 0.15) is 5.58 Å². The zero-order chi connectivity index (χ0) is 50.8. The van der Waals surface area contributed by atoms with E-state index in [0.29, 0.717) is 5.41 Å². The molecule has 6 heteroatoms. The maximum atomic E-state index is 9.39. The minimum atomic E-state index is -0.509. The van der Waals surface area contributed by atoms with E-state index in [4.69, 9.17) is 9.40 Å². The summed E-state index contributed by atoms with van der Waals surface area (Å²) in [7, 11) is 0. The molecule has 73 heavy (non-hydrogen) atoms. The van der Waals surface area contributed by atoms with Crippen molar-refractivity contribution in [2.24, 2.45) is 5.41 Å². The summed E-state index contributed by atoms with van der Waals surface area (Å²) in [5.74, 6) is 1.54. The van der Waals surface area contributed by atoms with Crippen molar-refractivity contribution in [3.05, 3.63) is 192 Å². The van der Waals surface area contributed by atoms with Crippen LogP contribution in [0.5, 0.6) is 0 Å². The smallest absolute Gasteiger partial charge is 0.121 e. The molecule has 5 nitrogen and oxygen atoms in total. The Kier molecular flexibility index (Phi) is 13.3. The molecule has 11 aromatic rings. The third kappa shape index (κ3) is 9.69. The molecule has 1 fully saturated rings. The van der Waals surface area contributed by atoms with E-state index in [2.05, 4.69) is 204 Å². The van der Waals surface area contributed by atoms with E-state index >= 15 is 0 Å². The van der Waals surface area contributed by atoms with Gasteiger partial charge in [-0.05, 0) is 141 Å². The standard InChI is InChI=1S/C53H49N2O.C14H15N2.Ir/c1-32(2)43-29-39(35-20-18-34(19-21-35)36-24-26-53(5,6)27-25-36)30-44(33(3)4)50(43)55-48-17-10-9-16-47(48)54-52(55)42-15-11-14-41-46-28-38-23-22-37-12-7-8-13-40(37)45(38)31-49(46)56-51(41)42;1-14(2,3)12-9-10-15-13(16-12)11-7-5-4-6-8-11;/h7-14,16-23,28-33,36H,24-27H2,1-6H3;4-7,9-10H,1-3H3;/q2*-1;/i36D;;. The zero-order valence-corrected chi connectivity index (χ0v) is 45.9. The second-order valence-corrected chi connectivity index (χ2v) is 22.3. The van der Waals surface area contributed by atoms with Crippen LogP contribution in [-0.2, 0) is 25.5 Å². The Morgan fingerprint density at radius 1 is 0.671 bits per heavy atom. The fraction of sp³-hybridized carbons (Fsp3) is 0.269. The maximum absolute atomic E-state index is 9.39. The molecule has 8 aromatic carbocycles. The van der Waals surface area contributed by atoms with Crippen LogP contribution in [0.25, 0.3) is 94.1 Å². The van der Waals surface area contributed by atoms with Crippen molar-refractivity contribution in [1.29, 1.82) is 0 Å². The average Bonchev–Trinajstić information content (AvgIpc) is 3.97. The van der Waals surface area contributed by atoms with Crippen molar-refractivity contribution >= 4 is 54.5 Å². The zero-order valence-electron chi connectivity index (χ0n) is 44.5. The number of hydrogen-bond acceptors (Lipinski definition) is 4. The molecule has 1 aliphatic carbocycles. The number of para-hydroxylation sites is 2. The van der Waals surface area contributed by atoms with E-state index in [1.165, 1.54) is 49.5 Å². The van der Waals surface area contributed by atoms with Crippen molar-refractivity contribution in [2.45, 2.75) is 111 Å². The SMILES string of the molecule is CC(C)(C)c1ccnc(-c2[c-]cccc2)n1.[2H]C1(c2ccc(-c3cc(C(C)C)c(-n4c(-c5[c-]ccc6c5oc5cc7c(ccc8ccccc87)cc56)nc5ccccc54)c(C(C)C)c3)cc2)CCC(C)(C)CC1.[Ir]. The second-order valence-electron chi connectivity index (χ2n) is 22.3. The Morgan fingerprint density at radius 3 is 2.08 bits per heavy atom. The van der Waals surface area contributed by atoms with Crippen molar-refractivity contribution in [3.8, 4) is 39.6 Å². The number of furan rings is 1. The Labute approximate surface area is 445 Å². The Balaban J connectivity index is 0.000000315. The second kappa shape index (κ2) is 19.9. The number of hydrogen-bond donors (Lipinski definition) is 0. The summed E-state index contributed by atoms with van der Waals surface area (Å²) in [4.78, 5) is 14.2. The predicted octanol–water partition coefficient (Wildman–Crippen LogP) is 18.5. The Morgan fingerprint density at radius 2 is 1.37 bits per heavy atom. The molecule has 369 valence electrons. The molecule has 3 heterocycles. The van der Waals surface area contributed by atoms with Gasteiger partial charge in [0.05, 0.1) is 28.3 Å². The molecule has 0 bridgehead atoms. The number of fused-ring (bicyclic) bond motifs is 7. The first-order valence-corrected chi connectivity index (χ1v) is 25.8. The number of rotatable bonds is 7. The number of aromatic nitrogens is 4. The molecule has 0 amide bonds. The summed E-state index contributed by atoms with van der Waals surface area (Å²) < 4.78 is 18.7. The van der Waals surface area contributed by atoms with Gasteiger partial charge in [0.15, 0.2) is 0 Å². The van der Waals surface area contributed by atoms with Crippen LogP contribution in [0.4, 0.5) is 0 Å². The normalized spacial score (nSPS) is 14.7. The summed E-state index contributed by atoms with van der Waals surface area (Å²) in [5, 5.41) is 6.98. The summed E-state index contributed by atoms with van der Waals surface area (Å²) in [6.45, 7) is 20.3. The number of benzene rings is 8. The fourth-order valence-corrected chi connectivity index (χ4v) is 10.7. The van der Waals surface area contributed by atoms with Crippen LogP contribution in [0.15, 0.2) is 162 Å². The topological polar surface area (TPSA) is 56.7 Å². The molecule has 0 unspecified atom stereocenters. The molecular formula is C67H64IrN4O-2. The van der Waals surface area contributed by atoms with Crippen LogP contribution < -0.4 is 0 Å². The molecule has 12 rings (SSSR count). The van der Waals surface area contributed by atoms with Gasteiger partial charge in [0.25, 0.3) is 0 Å². The molecule has 3 aromatic heterocycles. The quantitative estimate of drug-likeness (QED) is 0.118. The first-order valence-electron chi connectivity index (χ1n) is 26.3. The van der Waals surface area contributed by atoms with Gasteiger partial charge in [-0.3, -0.25) is 15.0 Å². The van der Waals surface area contributed by atoms with E-state index in [1.54, 1.807) is 0 Å². The third-order valence-corrected chi connectivity index (χ3v) is 14.9. The van der Waals surface area contributed by atoms with Crippen LogP contribution >= 0.6 is 0 Å². The summed E-state index contributed by atoms with van der Waals surface area (Å²) in [6, 6.07) is 60.3. The van der Waals surface area contributed by atoms with E-state index in [0.717, 1.165) is 92.7 Å². The van der Waals surface area contributed by atoms with Gasteiger partial charge in [0, 0.05) is 49.9 Å². The summed E-state index contributed by atoms with van der Waals surface area (Å²) in [6.07, 6.45) is 5.83. The van der Waals surface area contributed by atoms with E-state index < -0.39 is 5.89 Å². The molecule has 0 aliphatic heterocycles. The largest absolute Gasteiger partial charge is 0.501 e. The number of nitrogens with zero attached hydrogens (tertiary/aromatic N) is 4. The first kappa shape index (κ1) is 48.5. The van der Waals surface area contributed by atoms with Gasteiger partial charge < -0.3 is 8.98 Å². The van der Waals surface area contributed by atoms with Crippen LogP contribution in [0, 0.1) is 17.5 Å². The van der Waals surface area contributed by atoms with Crippen molar-refractivity contribution in [2.75, 3.05) is 0 Å². The molecule has 0 N–H and O–H groups in total. The Bertz CT molecular complexity index is 3800. The van der Waals surface area contributed by atoms with E-state index in [-0.39, 0.29) is 37.4 Å². The van der Waals surface area contributed by atoms with Gasteiger partial charge in [-0.2, -0.15) is 0 Å². The van der Waals surface area contributed by atoms with Gasteiger partial charge in [-0.1, -0.05) is 146 Å². The fourth-order valence-electron chi connectivity index (χ4n) is 10.7. The van der Waals surface area contributed by atoms with Gasteiger partial charge >= 0.3 is 0 Å². The molecule has 0 saturated heterocycles. The van der Waals surface area contributed by atoms with Crippen molar-refractivity contribution in [1.82, 2.24) is 19.5 Å². The Hall–Kier alpha value is -6.72. The average molecular weight is 1130 g/mol. The molecule has 1 radical (unpaired) electrons. The van der Waals surface area contributed by atoms with Gasteiger partial charge in [0.2, 0.25) is 0 Å². The van der Waals surface area contributed by atoms with E-state index in [1.807, 2.05) is 42.6 Å². The molecule has 1 aliphatic rings. The summed E-state index contributed by atoms with van der Waals surface area (Å²) >= 11 is 0. The molecule has 0 atom stereocenters. The number of imidazole rings is 1.